The van der Waals surface area contributed by atoms with Gasteiger partial charge < -0.3 is 18.9 Å². The number of esters is 1. The fourth-order valence-corrected chi connectivity index (χ4v) is 4.84. The number of nitrogens with zero attached hydrogens (tertiary/aromatic N) is 3. The molecular formula is C27H30BrN3O6. The van der Waals surface area contributed by atoms with Gasteiger partial charge in [0.1, 0.15) is 5.82 Å². The van der Waals surface area contributed by atoms with Crippen LogP contribution in [0.3, 0.4) is 0 Å². The first kappa shape index (κ1) is 26.7. The number of hydrogen-bond acceptors (Lipinski definition) is 8. The average molecular weight is 572 g/mol. The van der Waals surface area contributed by atoms with Crippen molar-refractivity contribution < 1.29 is 23.7 Å². The highest BCUT2D eigenvalue weighted by molar-refractivity contribution is 9.10. The smallest absolute Gasteiger partial charge is 0.344 e. The summed E-state index contributed by atoms with van der Waals surface area (Å²) in [5.74, 6) is 1.31. The minimum atomic E-state index is -0.498. The molecule has 196 valence electrons. The van der Waals surface area contributed by atoms with Crippen molar-refractivity contribution in [3.05, 3.63) is 56.5 Å². The van der Waals surface area contributed by atoms with Gasteiger partial charge in [-0.2, -0.15) is 9.78 Å². The molecule has 0 unspecified atom stereocenters. The summed E-state index contributed by atoms with van der Waals surface area (Å²) in [5.41, 5.74) is 1.05. The van der Waals surface area contributed by atoms with E-state index >= 15 is 0 Å². The van der Waals surface area contributed by atoms with Gasteiger partial charge in [-0.15, -0.1) is 0 Å². The number of hydrogen-bond donors (Lipinski definition) is 0. The molecule has 37 heavy (non-hydrogen) atoms. The van der Waals surface area contributed by atoms with E-state index in [9.17, 15) is 9.59 Å². The molecule has 0 saturated heterocycles. The first-order chi connectivity index (χ1) is 17.9. The molecule has 0 spiro atoms. The van der Waals surface area contributed by atoms with Crippen molar-refractivity contribution in [3.8, 4) is 17.2 Å². The van der Waals surface area contributed by atoms with Crippen LogP contribution in [0.5, 0.6) is 17.2 Å². The number of benzene rings is 2. The second kappa shape index (κ2) is 12.2. The van der Waals surface area contributed by atoms with Gasteiger partial charge in [0, 0.05) is 16.0 Å². The maximum absolute atomic E-state index is 13.5. The Bertz CT molecular complexity index is 1340. The zero-order chi connectivity index (χ0) is 26.4. The lowest BCUT2D eigenvalue weighted by Crippen LogP contribution is -2.25. The lowest BCUT2D eigenvalue weighted by Gasteiger charge is -2.22. The van der Waals surface area contributed by atoms with Crippen LogP contribution >= 0.6 is 15.9 Å². The molecule has 9 nitrogen and oxygen atoms in total. The highest BCUT2D eigenvalue weighted by Crippen LogP contribution is 2.38. The monoisotopic (exact) mass is 571 g/mol. The van der Waals surface area contributed by atoms with E-state index in [1.807, 2.05) is 12.1 Å². The third kappa shape index (κ3) is 6.12. The summed E-state index contributed by atoms with van der Waals surface area (Å²) in [4.78, 5) is 30.2. The summed E-state index contributed by atoms with van der Waals surface area (Å²) >= 11 is 3.45. The number of aromatic nitrogens is 2. The molecule has 0 atom stereocenters. The van der Waals surface area contributed by atoms with Crippen molar-refractivity contribution in [2.45, 2.75) is 44.9 Å². The van der Waals surface area contributed by atoms with Crippen LogP contribution in [0.1, 0.15) is 56.3 Å². The molecule has 0 bridgehead atoms. The predicted molar refractivity (Wildman–Crippen MR) is 144 cm³/mol. The van der Waals surface area contributed by atoms with E-state index in [1.165, 1.54) is 25.3 Å². The van der Waals surface area contributed by atoms with Gasteiger partial charge in [0.25, 0.3) is 5.56 Å². The molecular weight excluding hydrogens is 542 g/mol. The van der Waals surface area contributed by atoms with Gasteiger partial charge in [-0.05, 0) is 50.1 Å². The first-order valence-electron chi connectivity index (χ1n) is 12.3. The van der Waals surface area contributed by atoms with Crippen molar-refractivity contribution in [3.63, 3.8) is 0 Å². The summed E-state index contributed by atoms with van der Waals surface area (Å²) in [5, 5.41) is 5.08. The summed E-state index contributed by atoms with van der Waals surface area (Å²) < 4.78 is 23.7. The topological polar surface area (TPSA) is 101 Å². The van der Waals surface area contributed by atoms with Gasteiger partial charge in [0.15, 0.2) is 18.1 Å². The Morgan fingerprint density at radius 2 is 1.84 bits per heavy atom. The van der Waals surface area contributed by atoms with E-state index in [0.29, 0.717) is 33.8 Å². The van der Waals surface area contributed by atoms with E-state index in [4.69, 9.17) is 23.9 Å². The Kier molecular flexibility index (Phi) is 8.81. The molecule has 10 heteroatoms. The van der Waals surface area contributed by atoms with Crippen LogP contribution in [0.15, 0.2) is 44.7 Å². The SMILES string of the molecule is CCOC(=O)COc1c(OC)cc(C=Nn2c(C3CCCCC3)nc3ccc(Br)cc3c2=O)cc1OC. The van der Waals surface area contributed by atoms with Crippen LogP contribution in [-0.4, -0.2) is 49.3 Å². The molecule has 1 aliphatic rings. The minimum Gasteiger partial charge on any atom is -0.493 e. The first-order valence-corrected chi connectivity index (χ1v) is 13.1. The molecule has 1 saturated carbocycles. The van der Waals surface area contributed by atoms with Crippen molar-refractivity contribution in [1.29, 1.82) is 0 Å². The highest BCUT2D eigenvalue weighted by atomic mass is 79.9. The number of carbonyl (C=O) groups excluding carboxylic acids is 1. The Balaban J connectivity index is 1.74. The second-order valence-corrected chi connectivity index (χ2v) is 9.59. The number of methoxy groups -OCH3 is 2. The third-order valence-electron chi connectivity index (χ3n) is 6.25. The molecule has 2 aromatic carbocycles. The second-order valence-electron chi connectivity index (χ2n) is 8.68. The lowest BCUT2D eigenvalue weighted by atomic mass is 9.88. The van der Waals surface area contributed by atoms with Crippen LogP contribution in [0.2, 0.25) is 0 Å². The average Bonchev–Trinajstić information content (AvgIpc) is 2.92. The predicted octanol–water partition coefficient (Wildman–Crippen LogP) is 5.05. The Hall–Kier alpha value is -3.40. The molecule has 0 aliphatic heterocycles. The fourth-order valence-electron chi connectivity index (χ4n) is 4.48. The summed E-state index contributed by atoms with van der Waals surface area (Å²) in [6, 6.07) is 8.90. The van der Waals surface area contributed by atoms with E-state index in [2.05, 4.69) is 21.0 Å². The van der Waals surface area contributed by atoms with Gasteiger partial charge in [-0.25, -0.2) is 9.78 Å². The van der Waals surface area contributed by atoms with Crippen LogP contribution in [0.4, 0.5) is 0 Å². The van der Waals surface area contributed by atoms with Gasteiger partial charge in [-0.3, -0.25) is 4.79 Å². The number of carbonyl (C=O) groups is 1. The molecule has 1 aromatic heterocycles. The minimum absolute atomic E-state index is 0.161. The quantitative estimate of drug-likeness (QED) is 0.261. The summed E-state index contributed by atoms with van der Waals surface area (Å²) in [7, 11) is 2.98. The molecule has 1 fully saturated rings. The van der Waals surface area contributed by atoms with E-state index in [-0.39, 0.29) is 30.4 Å². The van der Waals surface area contributed by atoms with Crippen molar-refractivity contribution in [2.24, 2.45) is 5.10 Å². The van der Waals surface area contributed by atoms with Crippen molar-refractivity contribution in [2.75, 3.05) is 27.4 Å². The van der Waals surface area contributed by atoms with E-state index in [1.54, 1.807) is 31.3 Å². The van der Waals surface area contributed by atoms with E-state index in [0.717, 1.165) is 30.2 Å². The molecule has 1 heterocycles. The van der Waals surface area contributed by atoms with E-state index < -0.39 is 5.97 Å². The van der Waals surface area contributed by atoms with Gasteiger partial charge in [0.2, 0.25) is 5.75 Å². The van der Waals surface area contributed by atoms with Crippen LogP contribution < -0.4 is 19.8 Å². The standard InChI is InChI=1S/C27H30BrN3O6/c1-4-36-24(32)16-37-25-22(34-2)12-17(13-23(25)35-3)15-29-31-26(18-8-6-5-7-9-18)30-21-11-10-19(28)14-20(21)27(31)33/h10-15,18H,4-9,16H2,1-3H3. The summed E-state index contributed by atoms with van der Waals surface area (Å²) in [6.45, 7) is 1.70. The number of ether oxygens (including phenoxy) is 4. The Labute approximate surface area is 223 Å². The highest BCUT2D eigenvalue weighted by Gasteiger charge is 2.23. The zero-order valence-electron chi connectivity index (χ0n) is 21.2. The number of fused-ring (bicyclic) bond motifs is 1. The zero-order valence-corrected chi connectivity index (χ0v) is 22.7. The summed E-state index contributed by atoms with van der Waals surface area (Å²) in [6.07, 6.45) is 6.90. The Morgan fingerprint density at radius 3 is 2.49 bits per heavy atom. The largest absolute Gasteiger partial charge is 0.493 e. The maximum Gasteiger partial charge on any atom is 0.344 e. The molecule has 4 rings (SSSR count). The van der Waals surface area contributed by atoms with Crippen LogP contribution in [-0.2, 0) is 9.53 Å². The fraction of sp³-hybridized carbons (Fsp3) is 0.407. The third-order valence-corrected chi connectivity index (χ3v) is 6.74. The van der Waals surface area contributed by atoms with Crippen molar-refractivity contribution in [1.82, 2.24) is 9.66 Å². The van der Waals surface area contributed by atoms with Crippen LogP contribution in [0.25, 0.3) is 10.9 Å². The normalized spacial score (nSPS) is 14.2. The Morgan fingerprint density at radius 1 is 1.14 bits per heavy atom. The molecule has 0 radical (unpaired) electrons. The van der Waals surface area contributed by atoms with Gasteiger partial charge in [-0.1, -0.05) is 35.2 Å². The van der Waals surface area contributed by atoms with Crippen LogP contribution in [0, 0.1) is 0 Å². The lowest BCUT2D eigenvalue weighted by molar-refractivity contribution is -0.145. The van der Waals surface area contributed by atoms with Gasteiger partial charge >= 0.3 is 5.97 Å². The maximum atomic E-state index is 13.5. The molecule has 0 amide bonds. The number of halogens is 1. The van der Waals surface area contributed by atoms with Crippen molar-refractivity contribution >= 4 is 39.0 Å². The molecule has 0 N–H and O–H groups in total. The number of rotatable bonds is 9. The van der Waals surface area contributed by atoms with Gasteiger partial charge in [0.05, 0.1) is 37.9 Å². The molecule has 3 aromatic rings. The molecule has 1 aliphatic carbocycles.